The summed E-state index contributed by atoms with van der Waals surface area (Å²) in [7, 11) is 0. The number of alkyl halides is 6. The predicted molar refractivity (Wildman–Crippen MR) is 113 cm³/mol. The van der Waals surface area contributed by atoms with Crippen LogP contribution in [0.5, 0.6) is 5.88 Å². The van der Waals surface area contributed by atoms with Gasteiger partial charge in [-0.05, 0) is 32.9 Å². The van der Waals surface area contributed by atoms with Crippen LogP contribution in [-0.4, -0.2) is 34.8 Å². The fourth-order valence-corrected chi connectivity index (χ4v) is 2.24. The first-order chi connectivity index (χ1) is 16.5. The molecule has 0 saturated heterocycles. The number of aromatic nitrogens is 2. The van der Waals surface area contributed by atoms with Crippen molar-refractivity contribution in [1.29, 1.82) is 10.5 Å². The highest BCUT2D eigenvalue weighted by atomic mass is 35.5. The Balaban J connectivity index is 0.000000420. The average Bonchev–Trinajstić information content (AvgIpc) is 2.74. The number of nitriles is 2. The molecule has 0 aromatic carbocycles. The number of ether oxygens (including phenoxy) is 2. The van der Waals surface area contributed by atoms with Gasteiger partial charge in [-0.3, -0.25) is 0 Å². The van der Waals surface area contributed by atoms with Gasteiger partial charge in [-0.2, -0.15) is 36.9 Å². The van der Waals surface area contributed by atoms with Crippen LogP contribution in [0.1, 0.15) is 43.0 Å². The molecule has 2 aromatic heterocycles. The molecule has 36 heavy (non-hydrogen) atoms. The monoisotopic (exact) mass is 537 g/mol. The number of carbonyl (C=O) groups excluding carboxylic acids is 1. The molecule has 0 radical (unpaired) electrons. The Morgan fingerprint density at radius 1 is 0.972 bits per heavy atom. The fraction of sp³-hybridized carbons (Fsp3) is 0.381. The van der Waals surface area contributed by atoms with Gasteiger partial charge in [0.1, 0.15) is 35.1 Å². The minimum absolute atomic E-state index is 0.0441. The second-order valence-electron chi connectivity index (χ2n) is 7.64. The summed E-state index contributed by atoms with van der Waals surface area (Å²) < 4.78 is 83.8. The molecule has 0 aliphatic heterocycles. The van der Waals surface area contributed by atoms with E-state index in [1.165, 1.54) is 6.07 Å². The van der Waals surface area contributed by atoms with E-state index in [0.29, 0.717) is 24.5 Å². The number of nitrogens with one attached hydrogen (secondary N) is 1. The van der Waals surface area contributed by atoms with Crippen LogP contribution in [0.15, 0.2) is 24.5 Å². The third kappa shape index (κ3) is 10.2. The largest absolute Gasteiger partial charge is 0.475 e. The number of carbonyl (C=O) groups is 1. The molecule has 15 heteroatoms. The van der Waals surface area contributed by atoms with E-state index in [1.54, 1.807) is 26.8 Å². The van der Waals surface area contributed by atoms with E-state index in [4.69, 9.17) is 31.6 Å². The van der Waals surface area contributed by atoms with Crippen LogP contribution in [0.2, 0.25) is 5.15 Å². The molecule has 2 aromatic rings. The Morgan fingerprint density at radius 2 is 1.47 bits per heavy atom. The summed E-state index contributed by atoms with van der Waals surface area (Å²) >= 11 is 5.35. The maximum Gasteiger partial charge on any atom is 0.417 e. The third-order valence-electron chi connectivity index (χ3n) is 3.59. The van der Waals surface area contributed by atoms with Crippen molar-refractivity contribution >= 4 is 17.7 Å². The lowest BCUT2D eigenvalue weighted by Crippen LogP contribution is -2.34. The topological polar surface area (TPSA) is 121 Å². The number of nitrogens with zero attached hydrogens (tertiary/aromatic N) is 4. The second kappa shape index (κ2) is 12.3. The van der Waals surface area contributed by atoms with Gasteiger partial charge in [-0.1, -0.05) is 11.6 Å². The molecule has 2 heterocycles. The van der Waals surface area contributed by atoms with Gasteiger partial charge >= 0.3 is 18.4 Å². The van der Waals surface area contributed by atoms with E-state index in [9.17, 15) is 31.1 Å². The number of rotatable bonds is 4. The van der Waals surface area contributed by atoms with E-state index in [1.807, 2.05) is 0 Å². The van der Waals surface area contributed by atoms with Gasteiger partial charge in [0.05, 0.1) is 23.2 Å². The second-order valence-corrected chi connectivity index (χ2v) is 7.99. The lowest BCUT2D eigenvalue weighted by Gasteiger charge is -2.19. The molecule has 1 amide bonds. The number of halogens is 7. The van der Waals surface area contributed by atoms with Crippen molar-refractivity contribution in [2.24, 2.45) is 0 Å². The standard InChI is InChI=1S/C14H16F3N3O3.C7H2ClF3N2/c1-13(2,3)23-12(21)19-4-5-22-11-9(7-18)6-10(8-20-11)14(15,16)17;8-6-4(2-12)1-5(3-13-6)7(9,10)11/h6,8H,4-5H2,1-3H3,(H,19,21);1,3H. The summed E-state index contributed by atoms with van der Waals surface area (Å²) in [5.74, 6) is -0.230. The molecule has 0 unspecified atom stereocenters. The van der Waals surface area contributed by atoms with E-state index in [-0.39, 0.29) is 35.3 Å². The van der Waals surface area contributed by atoms with Crippen molar-refractivity contribution in [3.8, 4) is 18.0 Å². The summed E-state index contributed by atoms with van der Waals surface area (Å²) in [5, 5.41) is 19.4. The Kier molecular flexibility index (Phi) is 10.3. The lowest BCUT2D eigenvalue weighted by atomic mass is 10.2. The predicted octanol–water partition coefficient (Wildman–Crippen LogP) is 5.50. The Bertz CT molecular complexity index is 1150. The molecule has 1 N–H and O–H groups in total. The van der Waals surface area contributed by atoms with E-state index < -0.39 is 35.2 Å². The first-order valence-electron chi connectivity index (χ1n) is 9.67. The smallest absolute Gasteiger partial charge is 0.417 e. The van der Waals surface area contributed by atoms with Gasteiger partial charge in [0.15, 0.2) is 0 Å². The van der Waals surface area contributed by atoms with Crippen LogP contribution in [0.25, 0.3) is 0 Å². The molecule has 0 bridgehead atoms. The zero-order chi connectivity index (χ0) is 27.7. The van der Waals surface area contributed by atoms with Gasteiger partial charge in [0.2, 0.25) is 5.88 Å². The van der Waals surface area contributed by atoms with Crippen LogP contribution >= 0.6 is 11.6 Å². The van der Waals surface area contributed by atoms with Crippen molar-refractivity contribution in [3.05, 3.63) is 51.9 Å². The molecule has 0 spiro atoms. The maximum absolute atomic E-state index is 12.5. The Hall–Kier alpha value is -3.78. The molecular formula is C21H18ClF6N5O3. The maximum atomic E-state index is 12.5. The molecule has 0 aliphatic carbocycles. The lowest BCUT2D eigenvalue weighted by molar-refractivity contribution is -0.138. The van der Waals surface area contributed by atoms with E-state index in [2.05, 4.69) is 15.3 Å². The third-order valence-corrected chi connectivity index (χ3v) is 3.90. The van der Waals surface area contributed by atoms with Gasteiger partial charge in [0.25, 0.3) is 0 Å². The normalized spacial score (nSPS) is 11.3. The highest BCUT2D eigenvalue weighted by Crippen LogP contribution is 2.31. The summed E-state index contributed by atoms with van der Waals surface area (Å²) in [6, 6.07) is 4.42. The number of hydrogen-bond acceptors (Lipinski definition) is 7. The Morgan fingerprint density at radius 3 is 1.94 bits per heavy atom. The summed E-state index contributed by atoms with van der Waals surface area (Å²) in [6.45, 7) is 5.08. The number of pyridine rings is 2. The molecular weight excluding hydrogens is 520 g/mol. The van der Waals surface area contributed by atoms with Gasteiger partial charge in [-0.25, -0.2) is 14.8 Å². The summed E-state index contributed by atoms with van der Waals surface area (Å²) in [6.07, 6.45) is -8.57. The first kappa shape index (κ1) is 30.3. The fourth-order valence-electron chi connectivity index (χ4n) is 2.10. The van der Waals surface area contributed by atoms with Gasteiger partial charge in [0, 0.05) is 12.4 Å². The quantitative estimate of drug-likeness (QED) is 0.310. The van der Waals surface area contributed by atoms with Crippen molar-refractivity contribution < 1.29 is 40.6 Å². The molecule has 0 aliphatic rings. The minimum atomic E-state index is -4.59. The Labute approximate surface area is 206 Å². The molecule has 2 rings (SSSR count). The van der Waals surface area contributed by atoms with Crippen LogP contribution < -0.4 is 10.1 Å². The van der Waals surface area contributed by atoms with Crippen molar-refractivity contribution in [1.82, 2.24) is 15.3 Å². The van der Waals surface area contributed by atoms with E-state index in [0.717, 1.165) is 0 Å². The molecule has 8 nitrogen and oxygen atoms in total. The van der Waals surface area contributed by atoms with E-state index >= 15 is 0 Å². The summed E-state index contributed by atoms with van der Waals surface area (Å²) in [5.41, 5.74) is -3.27. The highest BCUT2D eigenvalue weighted by Gasteiger charge is 2.32. The average molecular weight is 538 g/mol. The minimum Gasteiger partial charge on any atom is -0.475 e. The zero-order valence-corrected chi connectivity index (χ0v) is 19.6. The molecule has 0 atom stereocenters. The molecule has 194 valence electrons. The van der Waals surface area contributed by atoms with Crippen LogP contribution in [0.3, 0.4) is 0 Å². The number of hydrogen-bond donors (Lipinski definition) is 1. The number of alkyl carbamates (subject to hydrolysis) is 1. The first-order valence-corrected chi connectivity index (χ1v) is 10.1. The van der Waals surface area contributed by atoms with Gasteiger partial charge in [-0.15, -0.1) is 0 Å². The van der Waals surface area contributed by atoms with Crippen LogP contribution in [0.4, 0.5) is 31.1 Å². The SMILES string of the molecule is CC(C)(C)OC(=O)NCCOc1ncc(C(F)(F)F)cc1C#N.N#Cc1cc(C(F)(F)F)cnc1Cl. The van der Waals surface area contributed by atoms with Crippen molar-refractivity contribution in [2.75, 3.05) is 13.2 Å². The number of amides is 1. The molecule has 0 saturated carbocycles. The van der Waals surface area contributed by atoms with Gasteiger partial charge < -0.3 is 14.8 Å². The van der Waals surface area contributed by atoms with Crippen LogP contribution in [0, 0.1) is 22.7 Å². The molecule has 0 fully saturated rings. The van der Waals surface area contributed by atoms with Crippen molar-refractivity contribution in [2.45, 2.75) is 38.7 Å². The highest BCUT2D eigenvalue weighted by molar-refractivity contribution is 6.30. The summed E-state index contributed by atoms with van der Waals surface area (Å²) in [4.78, 5) is 18.1. The zero-order valence-electron chi connectivity index (χ0n) is 18.9. The van der Waals surface area contributed by atoms with Crippen molar-refractivity contribution in [3.63, 3.8) is 0 Å². The van der Waals surface area contributed by atoms with Crippen LogP contribution in [-0.2, 0) is 17.1 Å².